The fourth-order valence-corrected chi connectivity index (χ4v) is 3.48. The van der Waals surface area contributed by atoms with Crippen molar-refractivity contribution in [3.05, 3.63) is 98.5 Å². The van der Waals surface area contributed by atoms with Crippen LogP contribution in [0, 0.1) is 6.92 Å². The Bertz CT molecular complexity index is 1280. The molecular formula is C23H17BrN2O2. The second-order valence-corrected chi connectivity index (χ2v) is 7.37. The highest BCUT2D eigenvalue weighted by atomic mass is 79.9. The number of aryl methyl sites for hydroxylation is 1. The molecule has 0 atom stereocenters. The molecule has 4 nitrogen and oxygen atoms in total. The number of benzene rings is 3. The Morgan fingerprint density at radius 2 is 1.75 bits per heavy atom. The molecule has 5 heteroatoms. The van der Waals surface area contributed by atoms with E-state index in [-0.39, 0.29) is 11.3 Å². The van der Waals surface area contributed by atoms with Crippen LogP contribution in [0.4, 0.5) is 0 Å². The molecule has 4 aromatic rings. The lowest BCUT2D eigenvalue weighted by Crippen LogP contribution is -2.23. The van der Waals surface area contributed by atoms with Crippen LogP contribution in [0.15, 0.2) is 76.0 Å². The summed E-state index contributed by atoms with van der Waals surface area (Å²) in [6.07, 6.45) is 3.51. The summed E-state index contributed by atoms with van der Waals surface area (Å²) in [7, 11) is 0. The van der Waals surface area contributed by atoms with E-state index >= 15 is 0 Å². The van der Waals surface area contributed by atoms with Gasteiger partial charge in [-0.2, -0.15) is 0 Å². The summed E-state index contributed by atoms with van der Waals surface area (Å²) in [5, 5.41) is 10.7. The standard InChI is InChI=1S/C23H17BrN2O2/c1-15-6-2-5-9-20(15)26-22(13-11-16-10-12-17(24)14-21(16)27)25-19-8-4-3-7-18(19)23(26)28/h2-14,27H,1H3/b13-11+. The van der Waals surface area contributed by atoms with Gasteiger partial charge in [0.2, 0.25) is 0 Å². The Labute approximate surface area is 170 Å². The van der Waals surface area contributed by atoms with Crippen LogP contribution in [0.25, 0.3) is 28.7 Å². The predicted molar refractivity (Wildman–Crippen MR) is 117 cm³/mol. The average Bonchev–Trinajstić information content (AvgIpc) is 2.68. The summed E-state index contributed by atoms with van der Waals surface area (Å²) in [6.45, 7) is 1.96. The summed E-state index contributed by atoms with van der Waals surface area (Å²) >= 11 is 3.34. The van der Waals surface area contributed by atoms with Crippen molar-refractivity contribution in [2.45, 2.75) is 6.92 Å². The van der Waals surface area contributed by atoms with Crippen LogP contribution in [-0.2, 0) is 0 Å². The zero-order chi connectivity index (χ0) is 19.7. The molecule has 0 aliphatic heterocycles. The van der Waals surface area contributed by atoms with Crippen LogP contribution in [0.5, 0.6) is 5.75 Å². The van der Waals surface area contributed by atoms with E-state index in [9.17, 15) is 9.90 Å². The van der Waals surface area contributed by atoms with Gasteiger partial charge in [0.15, 0.2) is 0 Å². The number of nitrogens with zero attached hydrogens (tertiary/aromatic N) is 2. The van der Waals surface area contributed by atoms with Crippen molar-refractivity contribution in [1.29, 1.82) is 0 Å². The number of phenols is 1. The molecule has 0 saturated carbocycles. The zero-order valence-corrected chi connectivity index (χ0v) is 16.7. The predicted octanol–water partition coefficient (Wildman–Crippen LogP) is 5.33. The molecule has 4 rings (SSSR count). The topological polar surface area (TPSA) is 55.1 Å². The van der Waals surface area contributed by atoms with Gasteiger partial charge in [0.25, 0.3) is 5.56 Å². The maximum Gasteiger partial charge on any atom is 0.266 e. The number of hydrogen-bond acceptors (Lipinski definition) is 3. The smallest absolute Gasteiger partial charge is 0.266 e. The van der Waals surface area contributed by atoms with Gasteiger partial charge in [-0.15, -0.1) is 0 Å². The highest BCUT2D eigenvalue weighted by Crippen LogP contribution is 2.24. The number of fused-ring (bicyclic) bond motifs is 1. The van der Waals surface area contributed by atoms with E-state index < -0.39 is 0 Å². The van der Waals surface area contributed by atoms with E-state index in [1.807, 2.05) is 55.5 Å². The maximum atomic E-state index is 13.3. The van der Waals surface area contributed by atoms with Gasteiger partial charge in [0, 0.05) is 10.0 Å². The summed E-state index contributed by atoms with van der Waals surface area (Å²) in [4.78, 5) is 18.0. The Balaban J connectivity index is 1.96. The molecule has 0 amide bonds. The second-order valence-electron chi connectivity index (χ2n) is 6.45. The van der Waals surface area contributed by atoms with Gasteiger partial charge < -0.3 is 5.11 Å². The molecule has 0 bridgehead atoms. The van der Waals surface area contributed by atoms with Gasteiger partial charge in [-0.3, -0.25) is 9.36 Å². The lowest BCUT2D eigenvalue weighted by atomic mass is 10.1. The first-order valence-corrected chi connectivity index (χ1v) is 9.58. The average molecular weight is 433 g/mol. The Morgan fingerprint density at radius 3 is 2.54 bits per heavy atom. The summed E-state index contributed by atoms with van der Waals surface area (Å²) < 4.78 is 2.41. The Hall–Kier alpha value is -3.18. The Kier molecular flexibility index (Phi) is 4.84. The number of aromatic hydroxyl groups is 1. The Morgan fingerprint density at radius 1 is 1.00 bits per heavy atom. The molecule has 0 aliphatic rings. The molecule has 0 aliphatic carbocycles. The largest absolute Gasteiger partial charge is 0.507 e. The van der Waals surface area contributed by atoms with Crippen LogP contribution in [-0.4, -0.2) is 14.7 Å². The van der Waals surface area contributed by atoms with Crippen LogP contribution in [0.2, 0.25) is 0 Å². The monoisotopic (exact) mass is 432 g/mol. The van der Waals surface area contributed by atoms with E-state index in [4.69, 9.17) is 4.98 Å². The number of rotatable bonds is 3. The summed E-state index contributed by atoms with van der Waals surface area (Å²) in [5.74, 6) is 0.650. The van der Waals surface area contributed by atoms with Crippen molar-refractivity contribution in [3.8, 4) is 11.4 Å². The van der Waals surface area contributed by atoms with E-state index in [1.165, 1.54) is 0 Å². The van der Waals surface area contributed by atoms with Crippen LogP contribution < -0.4 is 5.56 Å². The van der Waals surface area contributed by atoms with Crippen LogP contribution in [0.1, 0.15) is 17.0 Å². The molecule has 0 saturated heterocycles. The molecule has 138 valence electrons. The van der Waals surface area contributed by atoms with Crippen molar-refractivity contribution in [2.24, 2.45) is 0 Å². The number of para-hydroxylation sites is 2. The molecule has 1 N–H and O–H groups in total. The van der Waals surface area contributed by atoms with Crippen molar-refractivity contribution >= 4 is 39.0 Å². The van der Waals surface area contributed by atoms with Gasteiger partial charge in [-0.1, -0.05) is 52.3 Å². The third-order valence-corrected chi connectivity index (χ3v) is 5.06. The SMILES string of the molecule is Cc1ccccc1-n1c(/C=C/c2ccc(Br)cc2O)nc2ccccc2c1=O. The molecule has 3 aromatic carbocycles. The van der Waals surface area contributed by atoms with E-state index in [2.05, 4.69) is 15.9 Å². The zero-order valence-electron chi connectivity index (χ0n) is 15.1. The highest BCUT2D eigenvalue weighted by Gasteiger charge is 2.12. The molecule has 1 aromatic heterocycles. The summed E-state index contributed by atoms with van der Waals surface area (Å²) in [5.41, 5.74) is 2.91. The third-order valence-electron chi connectivity index (χ3n) is 4.56. The molecule has 0 radical (unpaired) electrons. The van der Waals surface area contributed by atoms with Crippen LogP contribution in [0.3, 0.4) is 0 Å². The second kappa shape index (κ2) is 7.44. The van der Waals surface area contributed by atoms with Crippen molar-refractivity contribution in [2.75, 3.05) is 0 Å². The molecule has 0 unspecified atom stereocenters. The highest BCUT2D eigenvalue weighted by molar-refractivity contribution is 9.10. The first-order chi connectivity index (χ1) is 13.5. The minimum atomic E-state index is -0.125. The molecule has 0 spiro atoms. The third kappa shape index (κ3) is 3.37. The maximum absolute atomic E-state index is 13.3. The summed E-state index contributed by atoms with van der Waals surface area (Å²) in [6, 6.07) is 20.3. The fraction of sp³-hybridized carbons (Fsp3) is 0.0435. The number of halogens is 1. The quantitative estimate of drug-likeness (QED) is 0.475. The lowest BCUT2D eigenvalue weighted by molar-refractivity contribution is 0.473. The number of hydrogen-bond donors (Lipinski definition) is 1. The van der Waals surface area contributed by atoms with Crippen molar-refractivity contribution in [1.82, 2.24) is 9.55 Å². The van der Waals surface area contributed by atoms with Gasteiger partial charge in [-0.25, -0.2) is 4.98 Å². The van der Waals surface area contributed by atoms with E-state index in [0.29, 0.717) is 22.3 Å². The van der Waals surface area contributed by atoms with Gasteiger partial charge in [0.1, 0.15) is 11.6 Å². The van der Waals surface area contributed by atoms with Gasteiger partial charge in [-0.05, 0) is 55.0 Å². The van der Waals surface area contributed by atoms with E-state index in [0.717, 1.165) is 15.7 Å². The minimum absolute atomic E-state index is 0.125. The van der Waals surface area contributed by atoms with Crippen molar-refractivity contribution < 1.29 is 5.11 Å². The first-order valence-electron chi connectivity index (χ1n) is 8.79. The number of phenolic OH excluding ortho intramolecular Hbond substituents is 1. The lowest BCUT2D eigenvalue weighted by Gasteiger charge is -2.13. The van der Waals surface area contributed by atoms with E-state index in [1.54, 1.807) is 34.9 Å². The normalized spacial score (nSPS) is 11.4. The van der Waals surface area contributed by atoms with Gasteiger partial charge in [0.05, 0.1) is 16.6 Å². The fourth-order valence-electron chi connectivity index (χ4n) is 3.13. The molecule has 28 heavy (non-hydrogen) atoms. The van der Waals surface area contributed by atoms with Crippen molar-refractivity contribution in [3.63, 3.8) is 0 Å². The van der Waals surface area contributed by atoms with Gasteiger partial charge >= 0.3 is 0 Å². The van der Waals surface area contributed by atoms with Crippen LogP contribution >= 0.6 is 15.9 Å². The minimum Gasteiger partial charge on any atom is -0.507 e. The molecular weight excluding hydrogens is 416 g/mol. The molecule has 0 fully saturated rings. The first kappa shape index (κ1) is 18.2. The molecule has 1 heterocycles. The number of aromatic nitrogens is 2.